The van der Waals surface area contributed by atoms with E-state index < -0.39 is 42.1 Å². The number of halogens is 2. The predicted molar refractivity (Wildman–Crippen MR) is 160 cm³/mol. The fraction of sp³-hybridized carbons (Fsp3) is 0.345. The first-order chi connectivity index (χ1) is 20.6. The van der Waals surface area contributed by atoms with Gasteiger partial charge in [0.2, 0.25) is 11.8 Å². The Bertz CT molecular complexity index is 1760. The highest BCUT2D eigenvalue weighted by atomic mass is 35.5. The number of hydrogen-bond donors (Lipinski definition) is 3. The van der Waals surface area contributed by atoms with Crippen molar-refractivity contribution in [1.29, 1.82) is 0 Å². The number of aromatic nitrogens is 1. The Morgan fingerprint density at radius 3 is 2.53 bits per heavy atom. The molecular formula is C29H23Cl2N3O7S2. The number of carboxylic acid groups (broad SMARTS) is 1. The molecule has 2 bridgehead atoms. The van der Waals surface area contributed by atoms with Crippen LogP contribution in [0.2, 0.25) is 10.0 Å². The lowest BCUT2D eigenvalue weighted by Crippen LogP contribution is -2.42. The largest absolute Gasteiger partial charge is 0.483 e. The minimum Gasteiger partial charge on any atom is -0.483 e. The molecule has 3 fully saturated rings. The number of rotatable bonds is 7. The zero-order chi connectivity index (χ0) is 30.2. The molecule has 3 amide bonds. The summed E-state index contributed by atoms with van der Waals surface area (Å²) < 4.78 is 6.06. The van der Waals surface area contributed by atoms with Gasteiger partial charge in [0.05, 0.1) is 26.9 Å². The van der Waals surface area contributed by atoms with Crippen molar-refractivity contribution in [2.75, 3.05) is 18.5 Å². The van der Waals surface area contributed by atoms with E-state index in [0.717, 1.165) is 31.7 Å². The second-order valence-corrected chi connectivity index (χ2v) is 14.1. The van der Waals surface area contributed by atoms with Crippen molar-refractivity contribution in [1.82, 2.24) is 9.88 Å². The van der Waals surface area contributed by atoms with Crippen LogP contribution >= 0.6 is 46.3 Å². The zero-order valence-electron chi connectivity index (χ0n) is 22.1. The van der Waals surface area contributed by atoms with E-state index in [2.05, 4.69) is 10.3 Å². The second kappa shape index (κ2) is 10.7. The number of ether oxygens (including phenoxy) is 1. The number of amides is 3. The third-order valence-corrected chi connectivity index (χ3v) is 12.3. The van der Waals surface area contributed by atoms with Crippen molar-refractivity contribution in [2.24, 2.45) is 29.6 Å². The number of thiazole rings is 1. The van der Waals surface area contributed by atoms with Crippen LogP contribution < -0.4 is 14.9 Å². The number of H-pyrrole nitrogens is 1. The lowest BCUT2D eigenvalue weighted by molar-refractivity contribution is -0.149. The van der Waals surface area contributed by atoms with E-state index in [1.165, 1.54) is 11.8 Å². The van der Waals surface area contributed by atoms with Gasteiger partial charge in [0.1, 0.15) is 12.3 Å². The van der Waals surface area contributed by atoms with Gasteiger partial charge in [0.15, 0.2) is 6.61 Å². The van der Waals surface area contributed by atoms with E-state index in [9.17, 15) is 29.1 Å². The number of nitrogens with one attached hydrogen (secondary N) is 2. The van der Waals surface area contributed by atoms with Crippen molar-refractivity contribution < 1.29 is 29.0 Å². The third-order valence-electron chi connectivity index (χ3n) is 8.92. The molecule has 6 unspecified atom stereocenters. The highest BCUT2D eigenvalue weighted by molar-refractivity contribution is 8.00. The van der Waals surface area contributed by atoms with Crippen LogP contribution in [-0.2, 0) is 19.2 Å². The fourth-order valence-corrected chi connectivity index (χ4v) is 10.7. The molecular weight excluding hydrogens is 637 g/mol. The molecule has 1 saturated heterocycles. The Labute approximate surface area is 262 Å². The Kier molecular flexibility index (Phi) is 7.07. The van der Waals surface area contributed by atoms with Crippen molar-refractivity contribution in [3.05, 3.63) is 72.6 Å². The molecule has 43 heavy (non-hydrogen) atoms. The first-order valence-electron chi connectivity index (χ1n) is 13.6. The average Bonchev–Trinajstić information content (AvgIpc) is 3.70. The molecule has 7 rings (SSSR count). The number of thioether (sulfide) groups is 1. The maximum Gasteiger partial charge on any atom is 0.323 e. The molecule has 0 spiro atoms. The molecule has 1 aromatic heterocycles. The number of aliphatic carboxylic acids is 1. The number of benzene rings is 2. The summed E-state index contributed by atoms with van der Waals surface area (Å²) in [7, 11) is 0. The third kappa shape index (κ3) is 4.66. The lowest BCUT2D eigenvalue weighted by Gasteiger charge is -2.43. The number of carbonyl (C=O) groups is 4. The maximum atomic E-state index is 13.4. The summed E-state index contributed by atoms with van der Waals surface area (Å²) in [5.41, 5.74) is 1.24. The molecule has 0 radical (unpaired) electrons. The van der Waals surface area contributed by atoms with E-state index in [1.54, 1.807) is 30.3 Å². The van der Waals surface area contributed by atoms with E-state index in [0.29, 0.717) is 27.9 Å². The summed E-state index contributed by atoms with van der Waals surface area (Å²) in [6.45, 7) is -0.936. The average molecular weight is 661 g/mol. The molecule has 2 aliphatic heterocycles. The molecule has 2 aliphatic carbocycles. The molecule has 14 heteroatoms. The Hall–Kier alpha value is -3.32. The van der Waals surface area contributed by atoms with Gasteiger partial charge in [0.25, 0.3) is 5.91 Å². The van der Waals surface area contributed by atoms with Crippen LogP contribution in [0.15, 0.2) is 52.3 Å². The van der Waals surface area contributed by atoms with Gasteiger partial charge < -0.3 is 20.1 Å². The van der Waals surface area contributed by atoms with Crippen LogP contribution in [0.25, 0.3) is 0 Å². The van der Waals surface area contributed by atoms with Gasteiger partial charge in [-0.05, 0) is 48.4 Å². The van der Waals surface area contributed by atoms with Crippen LogP contribution in [-0.4, -0.2) is 57.1 Å². The van der Waals surface area contributed by atoms with Crippen molar-refractivity contribution in [2.45, 2.75) is 22.6 Å². The van der Waals surface area contributed by atoms with Gasteiger partial charge in [-0.15, -0.1) is 11.8 Å². The molecule has 3 N–H and O–H groups in total. The molecule has 7 atom stereocenters. The van der Waals surface area contributed by atoms with Gasteiger partial charge in [0, 0.05) is 27.3 Å². The second-order valence-electron chi connectivity index (χ2n) is 11.1. The van der Waals surface area contributed by atoms with Gasteiger partial charge >= 0.3 is 10.8 Å². The van der Waals surface area contributed by atoms with Crippen LogP contribution in [0.3, 0.4) is 0 Å². The van der Waals surface area contributed by atoms with E-state index in [-0.39, 0.29) is 40.4 Å². The molecule has 3 heterocycles. The van der Waals surface area contributed by atoms with Crippen LogP contribution in [0.5, 0.6) is 5.75 Å². The number of carboxylic acids is 1. The Balaban J connectivity index is 1.20. The number of fused-ring (bicyclic) bond motifs is 9. The monoisotopic (exact) mass is 659 g/mol. The summed E-state index contributed by atoms with van der Waals surface area (Å²) in [6.07, 6.45) is 0.667. The summed E-state index contributed by atoms with van der Waals surface area (Å²) in [5, 5.41) is 13.4. The van der Waals surface area contributed by atoms with E-state index >= 15 is 0 Å². The number of anilines is 1. The number of imide groups is 1. The normalized spacial score (nSPS) is 28.4. The first-order valence-corrected chi connectivity index (χ1v) is 16.0. The number of hydrogen-bond acceptors (Lipinski definition) is 8. The predicted octanol–water partition coefficient (Wildman–Crippen LogP) is 4.32. The van der Waals surface area contributed by atoms with Crippen molar-refractivity contribution in [3.63, 3.8) is 0 Å². The highest BCUT2D eigenvalue weighted by Crippen LogP contribution is 2.69. The Morgan fingerprint density at radius 1 is 1.05 bits per heavy atom. The number of carbonyl (C=O) groups excluding carboxylic acids is 3. The maximum absolute atomic E-state index is 13.4. The van der Waals surface area contributed by atoms with Crippen molar-refractivity contribution in [3.8, 4) is 5.75 Å². The van der Waals surface area contributed by atoms with Gasteiger partial charge in [-0.2, -0.15) is 0 Å². The topological polar surface area (TPSA) is 146 Å². The zero-order valence-corrected chi connectivity index (χ0v) is 25.3. The standard InChI is InChI=1S/C29H23Cl2N3O7S2/c30-15-6-5-11(7-16(15)31)32-18(35)10-41-17-4-2-1-3-12(17)20-21-13-8-14(24(21)42-26-25(20)43-29(40)33-26)23-22(13)27(38)34(28(23)39)9-19(36)37/h1-7,13-14,20-24H,8-10H2,(H,32,35)(H,33,40)(H,36,37)/t13?,14?,20-,21?,22?,23?,24?/m1/s1. The minimum absolute atomic E-state index is 0.0680. The number of likely N-dealkylation sites (tertiary alicyclic amines) is 1. The quantitative estimate of drug-likeness (QED) is 0.318. The summed E-state index contributed by atoms with van der Waals surface area (Å²) in [5.74, 6) is -3.91. The molecule has 2 saturated carbocycles. The van der Waals surface area contributed by atoms with Crippen molar-refractivity contribution >= 4 is 75.7 Å². The van der Waals surface area contributed by atoms with E-state index in [4.69, 9.17) is 27.9 Å². The molecule has 222 valence electrons. The lowest BCUT2D eigenvalue weighted by atomic mass is 9.68. The molecule has 4 aliphatic rings. The molecule has 3 aromatic rings. The molecule has 2 aromatic carbocycles. The highest BCUT2D eigenvalue weighted by Gasteiger charge is 2.69. The summed E-state index contributed by atoms with van der Waals surface area (Å²) in [6, 6.07) is 12.1. The van der Waals surface area contributed by atoms with Gasteiger partial charge in [-0.1, -0.05) is 52.7 Å². The van der Waals surface area contributed by atoms with Crippen LogP contribution in [0.1, 0.15) is 22.8 Å². The van der Waals surface area contributed by atoms with Gasteiger partial charge in [-0.3, -0.25) is 28.9 Å². The first kappa shape index (κ1) is 28.5. The van der Waals surface area contributed by atoms with E-state index in [1.807, 2.05) is 12.1 Å². The van der Waals surface area contributed by atoms with Crippen LogP contribution in [0.4, 0.5) is 5.69 Å². The number of para-hydroxylation sites is 1. The van der Waals surface area contributed by atoms with Crippen LogP contribution in [0, 0.1) is 29.6 Å². The minimum atomic E-state index is -1.23. The smallest absolute Gasteiger partial charge is 0.323 e. The molecule has 10 nitrogen and oxygen atoms in total. The summed E-state index contributed by atoms with van der Waals surface area (Å²) in [4.78, 5) is 67.9. The summed E-state index contributed by atoms with van der Waals surface area (Å²) >= 11 is 14.7. The fourth-order valence-electron chi connectivity index (χ4n) is 7.50. The van der Waals surface area contributed by atoms with Gasteiger partial charge in [-0.25, -0.2) is 0 Å². The number of aromatic amines is 1. The Morgan fingerprint density at radius 2 is 1.79 bits per heavy atom. The number of nitrogens with zero attached hydrogens (tertiary/aromatic N) is 1. The SMILES string of the molecule is O=C(O)CN1C(=O)C2C3CC(C2C1=O)C1C3Sc2[nH]c(=O)sc2[C@@H]1c1ccccc1OCC(=O)Nc1ccc(Cl)c(Cl)c1.